The monoisotopic (exact) mass is 455 g/mol. The molecule has 0 bridgehead atoms. The molecular weight excluding hydrogens is 429 g/mol. The van der Waals surface area contributed by atoms with Crippen molar-refractivity contribution in [2.24, 2.45) is 5.11 Å². The molecular formula is C16H27Cl2N3O6Si. The fourth-order valence-corrected chi connectivity index (χ4v) is 3.66. The standard InChI is InChI=1S/C16H27Cl2N3O6Si/c1-16(2,3)28(4,5)27-14-6-10(20-21-19)15(26-13(23)8-18)11(25-14)9-24-12(22)7-17/h10-11,14-15H,6-9H2,1-5H3/t10-,11+,14-,15-/m0/s1. The van der Waals surface area contributed by atoms with Crippen LogP contribution in [0.2, 0.25) is 18.1 Å². The van der Waals surface area contributed by atoms with Gasteiger partial charge in [0.1, 0.15) is 36.9 Å². The molecule has 0 aromatic heterocycles. The van der Waals surface area contributed by atoms with Crippen LogP contribution in [-0.4, -0.2) is 63.2 Å². The highest BCUT2D eigenvalue weighted by atomic mass is 35.5. The summed E-state index contributed by atoms with van der Waals surface area (Å²) >= 11 is 11.0. The molecule has 0 N–H and O–H groups in total. The van der Waals surface area contributed by atoms with Crippen LogP contribution < -0.4 is 0 Å². The zero-order valence-electron chi connectivity index (χ0n) is 16.7. The lowest BCUT2D eigenvalue weighted by molar-refractivity contribution is -0.220. The largest absolute Gasteiger partial charge is 0.462 e. The van der Waals surface area contributed by atoms with Gasteiger partial charge in [0.15, 0.2) is 8.32 Å². The van der Waals surface area contributed by atoms with Gasteiger partial charge in [0, 0.05) is 11.3 Å². The fraction of sp³-hybridized carbons (Fsp3) is 0.875. The molecule has 1 rings (SSSR count). The molecule has 0 amide bonds. The first-order valence-electron chi connectivity index (χ1n) is 8.79. The van der Waals surface area contributed by atoms with E-state index in [0.29, 0.717) is 0 Å². The average Bonchev–Trinajstić information content (AvgIpc) is 2.60. The number of alkyl halides is 2. The average molecular weight is 456 g/mol. The van der Waals surface area contributed by atoms with Crippen LogP contribution in [-0.2, 0) is 28.2 Å². The number of hydrogen-bond donors (Lipinski definition) is 0. The number of carbonyl (C=O) groups excluding carboxylic acids is 2. The van der Waals surface area contributed by atoms with Crippen LogP contribution in [0.25, 0.3) is 10.4 Å². The zero-order valence-corrected chi connectivity index (χ0v) is 19.2. The van der Waals surface area contributed by atoms with E-state index in [1.165, 1.54) is 0 Å². The van der Waals surface area contributed by atoms with Crippen molar-refractivity contribution in [2.45, 2.75) is 69.9 Å². The Bertz CT molecular complexity index is 610. The summed E-state index contributed by atoms with van der Waals surface area (Å²) in [5.41, 5.74) is 8.93. The van der Waals surface area contributed by atoms with Crippen molar-refractivity contribution in [1.29, 1.82) is 0 Å². The van der Waals surface area contributed by atoms with Crippen molar-refractivity contribution in [2.75, 3.05) is 18.4 Å². The van der Waals surface area contributed by atoms with E-state index in [0.717, 1.165) is 0 Å². The molecule has 9 nitrogen and oxygen atoms in total. The Morgan fingerprint density at radius 1 is 1.25 bits per heavy atom. The molecule has 0 spiro atoms. The maximum Gasteiger partial charge on any atom is 0.321 e. The number of esters is 2. The number of carbonyl (C=O) groups is 2. The molecule has 0 saturated carbocycles. The van der Waals surface area contributed by atoms with Gasteiger partial charge in [0.25, 0.3) is 0 Å². The lowest BCUT2D eigenvalue weighted by Gasteiger charge is -2.44. The van der Waals surface area contributed by atoms with Crippen LogP contribution in [0.15, 0.2) is 5.11 Å². The summed E-state index contributed by atoms with van der Waals surface area (Å²) in [6.07, 6.45) is -2.37. The van der Waals surface area contributed by atoms with Gasteiger partial charge in [-0.15, -0.1) is 23.2 Å². The summed E-state index contributed by atoms with van der Waals surface area (Å²) in [5.74, 6) is -2.06. The fourth-order valence-electron chi connectivity index (χ4n) is 2.35. The van der Waals surface area contributed by atoms with E-state index < -0.39 is 44.8 Å². The normalized spacial score (nSPS) is 25.5. The number of azide groups is 1. The zero-order chi connectivity index (χ0) is 21.5. The molecule has 0 aromatic rings. The third-order valence-corrected chi connectivity index (χ3v) is 9.73. The van der Waals surface area contributed by atoms with E-state index in [1.807, 2.05) is 0 Å². The van der Waals surface area contributed by atoms with Gasteiger partial charge in [0.2, 0.25) is 0 Å². The van der Waals surface area contributed by atoms with E-state index >= 15 is 0 Å². The van der Waals surface area contributed by atoms with Gasteiger partial charge >= 0.3 is 11.9 Å². The lowest BCUT2D eigenvalue weighted by atomic mass is 9.99. The second kappa shape index (κ2) is 10.7. The minimum atomic E-state index is -2.20. The number of ether oxygens (including phenoxy) is 3. The number of halogens is 2. The molecule has 1 fully saturated rings. The Morgan fingerprint density at radius 2 is 1.86 bits per heavy atom. The highest BCUT2D eigenvalue weighted by molar-refractivity contribution is 6.74. The van der Waals surface area contributed by atoms with Crippen molar-refractivity contribution >= 4 is 43.5 Å². The Balaban J connectivity index is 3.08. The molecule has 1 saturated heterocycles. The van der Waals surface area contributed by atoms with E-state index in [4.69, 9.17) is 47.4 Å². The summed E-state index contributed by atoms with van der Waals surface area (Å²) in [6, 6.07) is -0.764. The van der Waals surface area contributed by atoms with Crippen LogP contribution in [0.5, 0.6) is 0 Å². The third kappa shape index (κ3) is 7.09. The van der Waals surface area contributed by atoms with Crippen molar-refractivity contribution in [3.8, 4) is 0 Å². The maximum atomic E-state index is 11.7. The molecule has 0 radical (unpaired) electrons. The summed E-state index contributed by atoms with van der Waals surface area (Å²) in [5, 5.41) is 3.66. The molecule has 1 aliphatic rings. The Hall–Kier alpha value is -1.03. The second-order valence-corrected chi connectivity index (χ2v) is 13.2. The highest BCUT2D eigenvalue weighted by Gasteiger charge is 2.46. The molecule has 1 heterocycles. The molecule has 0 aliphatic carbocycles. The van der Waals surface area contributed by atoms with E-state index in [9.17, 15) is 9.59 Å². The lowest BCUT2D eigenvalue weighted by Crippen LogP contribution is -2.55. The Morgan fingerprint density at radius 3 is 2.36 bits per heavy atom. The van der Waals surface area contributed by atoms with E-state index in [2.05, 4.69) is 43.9 Å². The SMILES string of the molecule is CC(C)(C)[Si](C)(C)O[C@H]1C[C@H](N=[N+]=[N-])[C@H](OC(=O)CCl)[C@@H](COC(=O)CCl)O1. The van der Waals surface area contributed by atoms with Gasteiger partial charge in [-0.05, 0) is 23.7 Å². The maximum absolute atomic E-state index is 11.7. The van der Waals surface area contributed by atoms with Crippen LogP contribution in [0, 0.1) is 0 Å². The molecule has 4 atom stereocenters. The molecule has 28 heavy (non-hydrogen) atoms. The van der Waals surface area contributed by atoms with E-state index in [1.54, 1.807) is 0 Å². The first-order valence-corrected chi connectivity index (χ1v) is 12.8. The predicted molar refractivity (Wildman–Crippen MR) is 107 cm³/mol. The summed E-state index contributed by atoms with van der Waals surface area (Å²) in [4.78, 5) is 26.0. The minimum absolute atomic E-state index is 0.0765. The van der Waals surface area contributed by atoms with Gasteiger partial charge in [-0.25, -0.2) is 0 Å². The molecule has 0 unspecified atom stereocenters. The molecule has 0 aromatic carbocycles. The smallest absolute Gasteiger partial charge is 0.321 e. The summed E-state index contributed by atoms with van der Waals surface area (Å²) in [6.45, 7) is 10.1. The van der Waals surface area contributed by atoms with Crippen LogP contribution in [0.1, 0.15) is 27.2 Å². The number of nitrogens with zero attached hydrogens (tertiary/aromatic N) is 3. The van der Waals surface area contributed by atoms with Crippen molar-refractivity contribution in [3.63, 3.8) is 0 Å². The second-order valence-electron chi connectivity index (χ2n) is 7.89. The highest BCUT2D eigenvalue weighted by Crippen LogP contribution is 2.39. The topological polar surface area (TPSA) is 120 Å². The van der Waals surface area contributed by atoms with E-state index in [-0.39, 0.29) is 29.8 Å². The summed E-state index contributed by atoms with van der Waals surface area (Å²) < 4.78 is 22.5. The van der Waals surface area contributed by atoms with Crippen molar-refractivity contribution in [3.05, 3.63) is 10.4 Å². The number of rotatable bonds is 8. The molecule has 160 valence electrons. The van der Waals surface area contributed by atoms with Gasteiger partial charge in [0.05, 0.1) is 6.04 Å². The minimum Gasteiger partial charge on any atom is -0.462 e. The third-order valence-electron chi connectivity index (χ3n) is 4.83. The van der Waals surface area contributed by atoms with Crippen LogP contribution in [0.3, 0.4) is 0 Å². The number of hydrogen-bond acceptors (Lipinski definition) is 7. The first kappa shape index (κ1) is 25.0. The predicted octanol–water partition coefficient (Wildman–Crippen LogP) is 3.73. The van der Waals surface area contributed by atoms with Gasteiger partial charge in [-0.1, -0.05) is 25.9 Å². The van der Waals surface area contributed by atoms with Crippen molar-refractivity contribution in [1.82, 2.24) is 0 Å². The van der Waals surface area contributed by atoms with Gasteiger partial charge in [-0.3, -0.25) is 9.59 Å². The Kier molecular flexibility index (Phi) is 9.52. The van der Waals surface area contributed by atoms with Crippen LogP contribution in [0.4, 0.5) is 0 Å². The quantitative estimate of drug-likeness (QED) is 0.137. The first-order chi connectivity index (χ1) is 12.9. The van der Waals surface area contributed by atoms with Crippen molar-refractivity contribution < 1.29 is 28.2 Å². The van der Waals surface area contributed by atoms with Gasteiger partial charge in [-0.2, -0.15) is 0 Å². The molecule has 1 aliphatic heterocycles. The Labute approximate surface area is 175 Å². The van der Waals surface area contributed by atoms with Gasteiger partial charge < -0.3 is 18.6 Å². The summed E-state index contributed by atoms with van der Waals surface area (Å²) in [7, 11) is -2.20. The molecule has 12 heteroatoms. The van der Waals surface area contributed by atoms with Crippen LogP contribution >= 0.6 is 23.2 Å².